The SMILES string of the molecule is CCCCOc1ccc(C2C(C(=O)c3sc(C)nc3C)=C(O)C(=O)N2c2nnc(SCc3ccc(C)cc3)s2)cc1. The molecule has 212 valence electrons. The Morgan fingerprint density at radius 2 is 1.78 bits per heavy atom. The first-order valence-corrected chi connectivity index (χ1v) is 15.9. The van der Waals surface area contributed by atoms with E-state index in [1.807, 2.05) is 38.1 Å². The average Bonchev–Trinajstić information content (AvgIpc) is 3.64. The minimum Gasteiger partial charge on any atom is -0.503 e. The number of rotatable bonds is 11. The molecule has 2 aromatic heterocycles. The number of ketones is 1. The normalized spacial score (nSPS) is 15.2. The van der Waals surface area contributed by atoms with E-state index in [0.29, 0.717) is 43.7 Å². The first-order chi connectivity index (χ1) is 19.8. The van der Waals surface area contributed by atoms with Crippen LogP contribution < -0.4 is 9.64 Å². The van der Waals surface area contributed by atoms with Crippen molar-refractivity contribution in [3.63, 3.8) is 0 Å². The maximum absolute atomic E-state index is 13.8. The van der Waals surface area contributed by atoms with Crippen molar-refractivity contribution >= 4 is 51.3 Å². The molecule has 1 N–H and O–H groups in total. The number of aromatic nitrogens is 3. The molecule has 0 aliphatic carbocycles. The van der Waals surface area contributed by atoms with E-state index in [-0.39, 0.29) is 5.57 Å². The second kappa shape index (κ2) is 12.5. The number of carbonyl (C=O) groups is 2. The Labute approximate surface area is 251 Å². The predicted octanol–water partition coefficient (Wildman–Crippen LogP) is 7.17. The van der Waals surface area contributed by atoms with Crippen molar-refractivity contribution in [1.82, 2.24) is 15.2 Å². The number of Topliss-reactive ketones (excluding diaryl/α,β-unsaturated/α-hetero) is 1. The number of thioether (sulfide) groups is 1. The number of nitrogens with zero attached hydrogens (tertiary/aromatic N) is 4. The van der Waals surface area contributed by atoms with Crippen LogP contribution in [0.5, 0.6) is 5.75 Å². The largest absolute Gasteiger partial charge is 0.503 e. The first-order valence-electron chi connectivity index (χ1n) is 13.3. The van der Waals surface area contributed by atoms with Crippen molar-refractivity contribution in [2.75, 3.05) is 11.5 Å². The maximum Gasteiger partial charge on any atom is 0.296 e. The molecular weight excluding hydrogens is 577 g/mol. The van der Waals surface area contributed by atoms with E-state index in [9.17, 15) is 14.7 Å². The molecule has 41 heavy (non-hydrogen) atoms. The van der Waals surface area contributed by atoms with Gasteiger partial charge in [-0.3, -0.25) is 14.5 Å². The Morgan fingerprint density at radius 3 is 2.44 bits per heavy atom. The first kappa shape index (κ1) is 29.0. The van der Waals surface area contributed by atoms with Gasteiger partial charge in [-0.1, -0.05) is 78.4 Å². The standard InChI is InChI=1S/C30H30N4O4S3/c1-5-6-15-38-22-13-11-21(12-14-22)24-23(25(35)27-18(3)31-19(4)40-27)26(36)28(37)34(24)29-32-33-30(41-29)39-16-20-9-7-17(2)8-10-20/h7-14,24,36H,5-6,15-16H2,1-4H3. The molecule has 1 aliphatic rings. The van der Waals surface area contributed by atoms with Gasteiger partial charge in [-0.2, -0.15) is 0 Å². The molecule has 1 unspecified atom stereocenters. The number of aliphatic hydroxyl groups excluding tert-OH is 1. The van der Waals surface area contributed by atoms with Crippen LogP contribution in [0, 0.1) is 20.8 Å². The molecule has 1 aliphatic heterocycles. The molecule has 0 spiro atoms. The topological polar surface area (TPSA) is 106 Å². The summed E-state index contributed by atoms with van der Waals surface area (Å²) in [7, 11) is 0. The lowest BCUT2D eigenvalue weighted by Crippen LogP contribution is -2.31. The lowest BCUT2D eigenvalue weighted by atomic mass is 9.95. The Kier molecular flexibility index (Phi) is 8.86. The van der Waals surface area contributed by atoms with Crippen LogP contribution in [0.1, 0.15) is 62.9 Å². The van der Waals surface area contributed by atoms with Crippen LogP contribution in [-0.2, 0) is 10.5 Å². The molecule has 0 fully saturated rings. The monoisotopic (exact) mass is 606 g/mol. The van der Waals surface area contributed by atoms with Crippen LogP contribution in [-0.4, -0.2) is 38.6 Å². The summed E-state index contributed by atoms with van der Waals surface area (Å²) in [5, 5.41) is 20.8. The van der Waals surface area contributed by atoms with Gasteiger partial charge in [0, 0.05) is 5.75 Å². The van der Waals surface area contributed by atoms with Gasteiger partial charge in [-0.05, 0) is 50.5 Å². The zero-order valence-corrected chi connectivity index (χ0v) is 25.7. The third kappa shape index (κ3) is 6.22. The van der Waals surface area contributed by atoms with E-state index in [1.165, 1.54) is 44.9 Å². The number of aryl methyl sites for hydroxylation is 3. The molecule has 1 amide bonds. The molecule has 8 nitrogen and oxygen atoms in total. The molecule has 3 heterocycles. The van der Waals surface area contributed by atoms with E-state index >= 15 is 0 Å². The molecule has 2 aromatic carbocycles. The fraction of sp³-hybridized carbons (Fsp3) is 0.300. The van der Waals surface area contributed by atoms with Gasteiger partial charge in [-0.15, -0.1) is 21.5 Å². The van der Waals surface area contributed by atoms with Gasteiger partial charge in [0.15, 0.2) is 10.1 Å². The fourth-order valence-corrected chi connectivity index (χ4v) is 7.18. The molecule has 11 heteroatoms. The van der Waals surface area contributed by atoms with Crippen molar-refractivity contribution in [1.29, 1.82) is 0 Å². The van der Waals surface area contributed by atoms with Crippen LogP contribution in [0.15, 0.2) is 64.2 Å². The Balaban J connectivity index is 1.47. The van der Waals surface area contributed by atoms with Gasteiger partial charge in [0.2, 0.25) is 10.9 Å². The predicted molar refractivity (Wildman–Crippen MR) is 163 cm³/mol. The van der Waals surface area contributed by atoms with E-state index in [2.05, 4.69) is 46.4 Å². The highest BCUT2D eigenvalue weighted by Gasteiger charge is 2.46. The van der Waals surface area contributed by atoms with Gasteiger partial charge < -0.3 is 9.84 Å². The highest BCUT2D eigenvalue weighted by molar-refractivity contribution is 8.00. The van der Waals surface area contributed by atoms with Gasteiger partial charge in [-0.25, -0.2) is 4.98 Å². The summed E-state index contributed by atoms with van der Waals surface area (Å²) in [6.07, 6.45) is 1.97. The number of ether oxygens (including phenoxy) is 1. The summed E-state index contributed by atoms with van der Waals surface area (Å²) in [6.45, 7) is 8.32. The summed E-state index contributed by atoms with van der Waals surface area (Å²) in [5.41, 5.74) is 3.56. The van der Waals surface area contributed by atoms with Gasteiger partial charge >= 0.3 is 0 Å². The fourth-order valence-electron chi connectivity index (χ4n) is 4.48. The van der Waals surface area contributed by atoms with E-state index < -0.39 is 23.5 Å². The summed E-state index contributed by atoms with van der Waals surface area (Å²) in [4.78, 5) is 33.5. The number of unbranched alkanes of at least 4 members (excludes halogenated alkanes) is 1. The van der Waals surface area contributed by atoms with Crippen LogP contribution in [0.4, 0.5) is 5.13 Å². The number of amides is 1. The van der Waals surface area contributed by atoms with Crippen LogP contribution in [0.3, 0.4) is 0 Å². The van der Waals surface area contributed by atoms with Crippen LogP contribution in [0.25, 0.3) is 0 Å². The number of anilines is 1. The lowest BCUT2D eigenvalue weighted by Gasteiger charge is -2.24. The third-order valence-corrected chi connectivity index (χ3v) is 9.81. The molecule has 0 radical (unpaired) electrons. The second-order valence-electron chi connectivity index (χ2n) is 9.71. The molecule has 0 bridgehead atoms. The molecular formula is C30H30N4O4S3. The quantitative estimate of drug-likeness (QED) is 0.0829. The molecule has 5 rings (SSSR count). The molecule has 0 saturated heterocycles. The Bertz CT molecular complexity index is 1590. The number of hydrogen-bond acceptors (Lipinski definition) is 10. The minimum absolute atomic E-state index is 0.00506. The Morgan fingerprint density at radius 1 is 1.05 bits per heavy atom. The Hall–Kier alpha value is -3.54. The number of aliphatic hydroxyl groups is 1. The highest BCUT2D eigenvalue weighted by Crippen LogP contribution is 2.44. The van der Waals surface area contributed by atoms with Crippen LogP contribution in [0.2, 0.25) is 0 Å². The van der Waals surface area contributed by atoms with Crippen molar-refractivity contribution in [3.05, 3.63) is 92.1 Å². The van der Waals surface area contributed by atoms with Crippen molar-refractivity contribution in [2.24, 2.45) is 0 Å². The van der Waals surface area contributed by atoms with Gasteiger partial charge in [0.1, 0.15) is 5.75 Å². The lowest BCUT2D eigenvalue weighted by molar-refractivity contribution is -0.117. The minimum atomic E-state index is -0.885. The van der Waals surface area contributed by atoms with Crippen molar-refractivity contribution < 1.29 is 19.4 Å². The number of carbonyl (C=O) groups excluding carboxylic acids is 2. The summed E-state index contributed by atoms with van der Waals surface area (Å²) in [5.74, 6) is -0.306. The van der Waals surface area contributed by atoms with Gasteiger partial charge in [0.25, 0.3) is 5.91 Å². The van der Waals surface area contributed by atoms with E-state index in [4.69, 9.17) is 4.74 Å². The van der Waals surface area contributed by atoms with Crippen molar-refractivity contribution in [3.8, 4) is 5.75 Å². The molecule has 0 saturated carbocycles. The van der Waals surface area contributed by atoms with E-state index in [0.717, 1.165) is 23.4 Å². The third-order valence-electron chi connectivity index (χ3n) is 6.61. The van der Waals surface area contributed by atoms with Crippen LogP contribution >= 0.6 is 34.4 Å². The highest BCUT2D eigenvalue weighted by atomic mass is 32.2. The summed E-state index contributed by atoms with van der Waals surface area (Å²) >= 11 is 4.02. The molecule has 1 atom stereocenters. The summed E-state index contributed by atoms with van der Waals surface area (Å²) < 4.78 is 6.50. The number of hydrogen-bond donors (Lipinski definition) is 1. The smallest absolute Gasteiger partial charge is 0.296 e. The zero-order valence-electron chi connectivity index (χ0n) is 23.2. The number of benzene rings is 2. The zero-order chi connectivity index (χ0) is 29.1. The average molecular weight is 607 g/mol. The number of thiazole rings is 1. The van der Waals surface area contributed by atoms with E-state index in [1.54, 1.807) is 6.92 Å². The van der Waals surface area contributed by atoms with Crippen molar-refractivity contribution in [2.45, 2.75) is 56.7 Å². The summed E-state index contributed by atoms with van der Waals surface area (Å²) in [6, 6.07) is 14.7. The maximum atomic E-state index is 13.8. The van der Waals surface area contributed by atoms with Gasteiger partial charge in [0.05, 0.1) is 33.8 Å². The molecule has 4 aromatic rings. The second-order valence-corrected chi connectivity index (χ2v) is 13.1.